The highest BCUT2D eigenvalue weighted by Crippen LogP contribution is 2.28. The van der Waals surface area contributed by atoms with Crippen LogP contribution in [0.5, 0.6) is 0 Å². The summed E-state index contributed by atoms with van der Waals surface area (Å²) in [5.41, 5.74) is 5.14. The molecule has 7 heteroatoms. The van der Waals surface area contributed by atoms with E-state index in [4.69, 9.17) is 0 Å². The maximum atomic E-state index is 12.7. The van der Waals surface area contributed by atoms with Gasteiger partial charge in [-0.25, -0.2) is 4.79 Å². The number of quaternary nitrogens is 1. The summed E-state index contributed by atoms with van der Waals surface area (Å²) in [6, 6.07) is 6.00. The van der Waals surface area contributed by atoms with E-state index in [0.717, 1.165) is 65.3 Å². The van der Waals surface area contributed by atoms with Crippen LogP contribution in [0.25, 0.3) is 0 Å². The third-order valence-electron chi connectivity index (χ3n) is 5.13. The van der Waals surface area contributed by atoms with Crippen molar-refractivity contribution in [2.45, 2.75) is 51.1 Å². The van der Waals surface area contributed by atoms with Crippen LogP contribution in [0.2, 0.25) is 0 Å². The Morgan fingerprint density at radius 2 is 1.86 bits per heavy atom. The van der Waals surface area contributed by atoms with Crippen LogP contribution in [0, 0.1) is 13.8 Å². The predicted octanol–water partition coefficient (Wildman–Crippen LogP) is 1.61. The number of hydrogen-bond acceptors (Lipinski definition) is 4. The Hall–Kier alpha value is -2.12. The highest BCUT2D eigenvalue weighted by Gasteiger charge is 2.21. The molecule has 2 N–H and O–H groups in total. The first-order valence-electron chi connectivity index (χ1n) is 10.3. The largest absolute Gasteiger partial charge is 0.349 e. The molecular weight excluding hydrogens is 384 g/mol. The molecule has 1 aromatic heterocycles. The van der Waals surface area contributed by atoms with E-state index < -0.39 is 0 Å². The van der Waals surface area contributed by atoms with E-state index in [2.05, 4.69) is 30.5 Å². The minimum atomic E-state index is -0.191. The summed E-state index contributed by atoms with van der Waals surface area (Å²) in [4.78, 5) is 30.8. The number of carbonyl (C=O) groups is 1. The second kappa shape index (κ2) is 9.59. The van der Waals surface area contributed by atoms with Crippen molar-refractivity contribution < 1.29 is 9.69 Å². The molecule has 0 fully saturated rings. The Morgan fingerprint density at radius 3 is 2.55 bits per heavy atom. The number of fused-ring (bicyclic) bond motifs is 1. The Labute approximate surface area is 176 Å². The summed E-state index contributed by atoms with van der Waals surface area (Å²) in [5.74, 6) is 0.171. The van der Waals surface area contributed by atoms with E-state index >= 15 is 0 Å². The number of hydrogen-bond donors (Lipinski definition) is 2. The van der Waals surface area contributed by atoms with Crippen LogP contribution >= 0.6 is 11.8 Å². The maximum Gasteiger partial charge on any atom is 0.349 e. The van der Waals surface area contributed by atoms with Crippen LogP contribution in [0.4, 0.5) is 5.69 Å². The first-order chi connectivity index (χ1) is 13.8. The number of nitrogens with one attached hydrogen (secondary N) is 2. The van der Waals surface area contributed by atoms with Gasteiger partial charge in [0, 0.05) is 16.9 Å². The van der Waals surface area contributed by atoms with Gasteiger partial charge >= 0.3 is 5.69 Å². The van der Waals surface area contributed by atoms with E-state index in [1.807, 2.05) is 30.5 Å². The molecule has 3 rings (SSSR count). The second-order valence-corrected chi connectivity index (χ2v) is 9.12. The monoisotopic (exact) mass is 415 g/mol. The molecular formula is C22H31N4O2S+. The molecule has 0 aliphatic heterocycles. The molecule has 0 radical (unpaired) electrons. The fourth-order valence-corrected chi connectivity index (χ4v) is 4.69. The molecule has 1 aliphatic rings. The van der Waals surface area contributed by atoms with Gasteiger partial charge in [0.05, 0.1) is 32.9 Å². The van der Waals surface area contributed by atoms with Gasteiger partial charge in [0.2, 0.25) is 5.91 Å². The number of carbonyl (C=O) groups excluding carboxylic acids is 1. The van der Waals surface area contributed by atoms with E-state index in [-0.39, 0.29) is 17.3 Å². The molecule has 0 atom stereocenters. The number of aryl methyl sites for hydroxylation is 2. The van der Waals surface area contributed by atoms with Crippen LogP contribution in [0.3, 0.4) is 0 Å². The molecule has 0 bridgehead atoms. The van der Waals surface area contributed by atoms with Crippen molar-refractivity contribution >= 4 is 23.4 Å². The molecule has 0 saturated carbocycles. The highest BCUT2D eigenvalue weighted by atomic mass is 32.2. The first kappa shape index (κ1) is 21.6. The van der Waals surface area contributed by atoms with Crippen molar-refractivity contribution in [1.82, 2.24) is 9.55 Å². The Balaban J connectivity index is 1.74. The molecule has 1 aliphatic carbocycles. The summed E-state index contributed by atoms with van der Waals surface area (Å²) in [5, 5.41) is 3.69. The smallest absolute Gasteiger partial charge is 0.338 e. The molecule has 6 nitrogen and oxygen atoms in total. The molecule has 1 amide bonds. The van der Waals surface area contributed by atoms with Crippen molar-refractivity contribution in [3.05, 3.63) is 51.1 Å². The van der Waals surface area contributed by atoms with Gasteiger partial charge in [-0.3, -0.25) is 9.36 Å². The molecule has 0 unspecified atom stereocenters. The minimum Gasteiger partial charge on any atom is -0.338 e. The number of likely N-dealkylation sites (N-methyl/N-ethyl adjacent to an activating group) is 1. The van der Waals surface area contributed by atoms with Gasteiger partial charge in [-0.2, -0.15) is 4.98 Å². The van der Waals surface area contributed by atoms with Gasteiger partial charge < -0.3 is 10.2 Å². The van der Waals surface area contributed by atoms with Crippen LogP contribution in [-0.2, 0) is 24.2 Å². The summed E-state index contributed by atoms with van der Waals surface area (Å²) < 4.78 is 1.85. The topological polar surface area (TPSA) is 68.4 Å². The van der Waals surface area contributed by atoms with Gasteiger partial charge in [0.25, 0.3) is 0 Å². The Morgan fingerprint density at radius 1 is 1.17 bits per heavy atom. The quantitative estimate of drug-likeness (QED) is 0.533. The fourth-order valence-electron chi connectivity index (χ4n) is 3.81. The van der Waals surface area contributed by atoms with Crippen molar-refractivity contribution in [3.63, 3.8) is 0 Å². The zero-order chi connectivity index (χ0) is 21.0. The number of anilines is 1. The van der Waals surface area contributed by atoms with E-state index in [1.165, 1.54) is 16.7 Å². The van der Waals surface area contributed by atoms with E-state index in [0.29, 0.717) is 6.54 Å². The average molecular weight is 416 g/mol. The lowest BCUT2D eigenvalue weighted by atomic mass is 9.97. The van der Waals surface area contributed by atoms with Gasteiger partial charge in [-0.1, -0.05) is 17.8 Å². The molecule has 0 saturated heterocycles. The van der Waals surface area contributed by atoms with Crippen LogP contribution < -0.4 is 15.9 Å². The lowest BCUT2D eigenvalue weighted by Gasteiger charge is -2.23. The third-order valence-corrected chi connectivity index (χ3v) is 6.15. The van der Waals surface area contributed by atoms with Crippen LogP contribution in [-0.4, -0.2) is 41.9 Å². The Kier molecular flexibility index (Phi) is 7.14. The van der Waals surface area contributed by atoms with Crippen molar-refractivity contribution in [2.75, 3.05) is 31.7 Å². The SMILES string of the molecule is Cc1cc(C)cc(NC(=O)CSc2nc(=O)n(CC[NH+](C)C)c3c2CCCC3)c1. The molecule has 1 heterocycles. The molecule has 0 spiro atoms. The third kappa shape index (κ3) is 5.70. The number of aromatic nitrogens is 2. The van der Waals surface area contributed by atoms with Crippen LogP contribution in [0.1, 0.15) is 35.2 Å². The van der Waals surface area contributed by atoms with Gasteiger partial charge in [-0.05, 0) is 62.8 Å². The minimum absolute atomic E-state index is 0.0771. The summed E-state index contributed by atoms with van der Waals surface area (Å²) in [6.07, 6.45) is 4.05. The van der Waals surface area contributed by atoms with Gasteiger partial charge in [-0.15, -0.1) is 0 Å². The number of nitrogens with zero attached hydrogens (tertiary/aromatic N) is 2. The molecule has 1 aromatic carbocycles. The lowest BCUT2D eigenvalue weighted by molar-refractivity contribution is -0.859. The zero-order valence-electron chi connectivity index (χ0n) is 17.8. The number of rotatable bonds is 7. The van der Waals surface area contributed by atoms with Gasteiger partial charge in [0.15, 0.2) is 0 Å². The fraction of sp³-hybridized carbons (Fsp3) is 0.500. The first-order valence-corrected chi connectivity index (χ1v) is 11.2. The van der Waals surface area contributed by atoms with Crippen molar-refractivity contribution in [3.8, 4) is 0 Å². The van der Waals surface area contributed by atoms with E-state index in [1.54, 1.807) is 0 Å². The van der Waals surface area contributed by atoms with Gasteiger partial charge in [0.1, 0.15) is 5.03 Å². The lowest BCUT2D eigenvalue weighted by Crippen LogP contribution is -3.06. The summed E-state index contributed by atoms with van der Waals surface area (Å²) in [6.45, 7) is 5.61. The number of thioether (sulfide) groups is 1. The van der Waals surface area contributed by atoms with Crippen molar-refractivity contribution in [2.24, 2.45) is 0 Å². The van der Waals surface area contributed by atoms with Crippen molar-refractivity contribution in [1.29, 1.82) is 0 Å². The molecule has 2 aromatic rings. The zero-order valence-corrected chi connectivity index (χ0v) is 18.6. The average Bonchev–Trinajstić information content (AvgIpc) is 2.64. The number of benzene rings is 1. The normalized spacial score (nSPS) is 13.4. The second-order valence-electron chi connectivity index (χ2n) is 8.15. The standard InChI is InChI=1S/C22H30N4O2S/c1-15-11-16(2)13-17(12-15)23-20(27)14-29-21-18-7-5-6-8-19(18)26(22(28)24-21)10-9-25(3)4/h11-13H,5-10,14H2,1-4H3,(H,23,27)/p+1. The highest BCUT2D eigenvalue weighted by molar-refractivity contribution is 8.00. The predicted molar refractivity (Wildman–Crippen MR) is 118 cm³/mol. The maximum absolute atomic E-state index is 12.7. The molecule has 29 heavy (non-hydrogen) atoms. The Bertz CT molecular complexity index is 932. The van der Waals surface area contributed by atoms with Crippen LogP contribution in [0.15, 0.2) is 28.0 Å². The molecule has 156 valence electrons. The van der Waals surface area contributed by atoms with E-state index in [9.17, 15) is 9.59 Å². The summed E-state index contributed by atoms with van der Waals surface area (Å²) >= 11 is 1.38. The number of amides is 1. The summed E-state index contributed by atoms with van der Waals surface area (Å²) in [7, 11) is 4.17.